The van der Waals surface area contributed by atoms with Crippen LogP contribution >= 0.6 is 0 Å². The summed E-state index contributed by atoms with van der Waals surface area (Å²) in [7, 11) is -5.07. The van der Waals surface area contributed by atoms with Crippen molar-refractivity contribution in [1.82, 2.24) is 5.32 Å². The molecule has 1 rings (SSSR count). The smallest absolute Gasteiger partial charge is 0.394 e. The third kappa shape index (κ3) is 27.5. The molecule has 332 valence electrons. The van der Waals surface area contributed by atoms with Gasteiger partial charge in [0.2, 0.25) is 5.91 Å². The van der Waals surface area contributed by atoms with Crippen molar-refractivity contribution in [2.45, 2.75) is 243 Å². The molecule has 0 bridgehead atoms. The van der Waals surface area contributed by atoms with E-state index in [9.17, 15) is 33.6 Å². The van der Waals surface area contributed by atoms with E-state index >= 15 is 0 Å². The summed E-state index contributed by atoms with van der Waals surface area (Å²) in [6.07, 6.45) is 28.1. The minimum absolute atomic E-state index is 0.244. The zero-order valence-corrected chi connectivity index (χ0v) is 36.0. The zero-order chi connectivity index (χ0) is 41.3. The number of ether oxygens (including phenoxy) is 2. The van der Waals surface area contributed by atoms with Crippen molar-refractivity contribution in [3.63, 3.8) is 0 Å². The molecule has 0 aromatic heterocycles. The van der Waals surface area contributed by atoms with Gasteiger partial charge in [-0.15, -0.1) is 0 Å². The number of carbonyl (C=O) groups excluding carboxylic acids is 1. The number of aliphatic hydroxyl groups excluding tert-OH is 4. The van der Waals surface area contributed by atoms with Gasteiger partial charge in [-0.3, -0.25) is 9.35 Å². The molecule has 1 saturated heterocycles. The summed E-state index contributed by atoms with van der Waals surface area (Å²) < 4.78 is 47.5. The molecule has 6 N–H and O–H groups in total. The summed E-state index contributed by atoms with van der Waals surface area (Å²) in [6, 6.07) is -0.868. The van der Waals surface area contributed by atoms with Crippen LogP contribution in [-0.2, 0) is 28.9 Å². The number of aliphatic hydroxyl groups is 4. The van der Waals surface area contributed by atoms with Gasteiger partial charge in [0.15, 0.2) is 6.29 Å². The first-order valence-electron chi connectivity index (χ1n) is 22.6. The van der Waals surface area contributed by atoms with Gasteiger partial charge in [-0.2, -0.15) is 8.42 Å². The molecule has 1 aliphatic rings. The van der Waals surface area contributed by atoms with Crippen molar-refractivity contribution >= 4 is 16.3 Å². The van der Waals surface area contributed by atoms with Gasteiger partial charge in [0.25, 0.3) is 0 Å². The van der Waals surface area contributed by atoms with Crippen molar-refractivity contribution in [3.8, 4) is 0 Å². The van der Waals surface area contributed by atoms with Crippen molar-refractivity contribution in [2.75, 3.05) is 13.2 Å². The highest BCUT2D eigenvalue weighted by Crippen LogP contribution is 2.26. The Labute approximate surface area is 340 Å². The van der Waals surface area contributed by atoms with E-state index < -0.39 is 59.9 Å². The molecule has 1 fully saturated rings. The fraction of sp³-hybridized carbons (Fsp3) is 0.930. The van der Waals surface area contributed by atoms with Crippen LogP contribution in [-0.4, -0.2) is 95.4 Å². The Morgan fingerprint density at radius 1 is 0.696 bits per heavy atom. The molecule has 0 aromatic carbocycles. The Balaban J connectivity index is 2.45. The second-order valence-electron chi connectivity index (χ2n) is 16.0. The normalized spacial score (nSPS) is 21.4. The maximum Gasteiger partial charge on any atom is 0.397 e. The fourth-order valence-corrected chi connectivity index (χ4v) is 7.79. The van der Waals surface area contributed by atoms with Gasteiger partial charge in [-0.25, -0.2) is 4.18 Å². The maximum absolute atomic E-state index is 12.9. The Morgan fingerprint density at radius 3 is 1.61 bits per heavy atom. The minimum atomic E-state index is -5.07. The summed E-state index contributed by atoms with van der Waals surface area (Å²) in [5.41, 5.74) is 0. The SMILES string of the molecule is CCCCCC/C=C\CCCC(=O)NC(COC1OC(CO)C(O)C(OS(=O)(=O)O)C1O)C(O)CCCCCCCCCCCCCCCCCCCCCC. The predicted octanol–water partition coefficient (Wildman–Crippen LogP) is 8.38. The number of rotatable bonds is 38. The fourth-order valence-electron chi connectivity index (χ4n) is 7.29. The van der Waals surface area contributed by atoms with Crippen LogP contribution in [0.2, 0.25) is 0 Å². The second kappa shape index (κ2) is 34.7. The Bertz CT molecular complexity index is 1060. The average Bonchev–Trinajstić information content (AvgIpc) is 3.16. The third-order valence-corrected chi connectivity index (χ3v) is 11.3. The highest BCUT2D eigenvalue weighted by Gasteiger charge is 2.48. The molecule has 0 aliphatic carbocycles. The molecule has 0 aromatic rings. The first kappa shape index (κ1) is 52.9. The highest BCUT2D eigenvalue weighted by atomic mass is 32.3. The summed E-state index contributed by atoms with van der Waals surface area (Å²) in [4.78, 5) is 12.9. The van der Waals surface area contributed by atoms with Crippen LogP contribution in [0.3, 0.4) is 0 Å². The standard InChI is InChI=1S/C43H83NO11S/c1-3-5-7-9-11-13-14-15-16-17-18-19-20-21-22-23-25-26-28-30-32-37(46)36(44-39(47)33-31-29-27-24-12-10-8-6-4-2)35-53-43-41(49)42(55-56(50,51)52)40(48)38(34-45)54-43/h24,27,36-38,40-43,45-46,48-49H,3-23,25-26,28-35H2,1-2H3,(H,44,47)(H,50,51,52)/b27-24-. The lowest BCUT2D eigenvalue weighted by Gasteiger charge is -2.41. The topological polar surface area (TPSA) is 192 Å². The molecule has 0 saturated carbocycles. The van der Waals surface area contributed by atoms with E-state index in [-0.39, 0.29) is 18.9 Å². The number of unbranched alkanes of at least 4 members (excludes halogenated alkanes) is 24. The minimum Gasteiger partial charge on any atom is -0.394 e. The molecule has 7 atom stereocenters. The van der Waals surface area contributed by atoms with E-state index in [2.05, 4.69) is 35.5 Å². The molecular formula is C43H83NO11S. The van der Waals surface area contributed by atoms with E-state index in [0.29, 0.717) is 12.8 Å². The number of hydrogen-bond donors (Lipinski definition) is 6. The van der Waals surface area contributed by atoms with Gasteiger partial charge in [0.1, 0.15) is 24.4 Å². The van der Waals surface area contributed by atoms with Crippen LogP contribution in [0.5, 0.6) is 0 Å². The van der Waals surface area contributed by atoms with Crippen molar-refractivity contribution in [3.05, 3.63) is 12.2 Å². The van der Waals surface area contributed by atoms with Crippen LogP contribution in [0.15, 0.2) is 12.2 Å². The summed E-state index contributed by atoms with van der Waals surface area (Å²) >= 11 is 0. The molecule has 12 nitrogen and oxygen atoms in total. The van der Waals surface area contributed by atoms with Gasteiger partial charge in [0.05, 0.1) is 25.4 Å². The van der Waals surface area contributed by atoms with Crippen LogP contribution < -0.4 is 5.32 Å². The maximum atomic E-state index is 12.9. The molecule has 1 heterocycles. The Hall–Kier alpha value is -1.16. The van der Waals surface area contributed by atoms with E-state index in [1.807, 2.05) is 0 Å². The molecular weight excluding hydrogens is 739 g/mol. The quantitative estimate of drug-likeness (QED) is 0.0199. The number of hydrogen-bond acceptors (Lipinski definition) is 10. The molecule has 0 spiro atoms. The van der Waals surface area contributed by atoms with Crippen LogP contribution in [0.25, 0.3) is 0 Å². The zero-order valence-electron chi connectivity index (χ0n) is 35.2. The third-order valence-electron chi connectivity index (χ3n) is 10.8. The number of carbonyl (C=O) groups is 1. The van der Waals surface area contributed by atoms with E-state index in [1.165, 1.54) is 122 Å². The summed E-state index contributed by atoms with van der Waals surface area (Å²) in [5.74, 6) is -0.265. The van der Waals surface area contributed by atoms with Crippen molar-refractivity contribution in [2.24, 2.45) is 0 Å². The van der Waals surface area contributed by atoms with Crippen molar-refractivity contribution in [1.29, 1.82) is 0 Å². The van der Waals surface area contributed by atoms with Crippen molar-refractivity contribution < 1.29 is 51.8 Å². The lowest BCUT2D eigenvalue weighted by molar-refractivity contribution is -0.298. The van der Waals surface area contributed by atoms with Gasteiger partial charge in [0, 0.05) is 6.42 Å². The monoisotopic (exact) mass is 822 g/mol. The number of amides is 1. The van der Waals surface area contributed by atoms with E-state index in [4.69, 9.17) is 14.0 Å². The van der Waals surface area contributed by atoms with Crippen LogP contribution in [0, 0.1) is 0 Å². The van der Waals surface area contributed by atoms with Gasteiger partial charge in [-0.1, -0.05) is 174 Å². The predicted molar refractivity (Wildman–Crippen MR) is 222 cm³/mol. The van der Waals surface area contributed by atoms with Gasteiger partial charge < -0.3 is 35.2 Å². The van der Waals surface area contributed by atoms with Gasteiger partial charge >= 0.3 is 10.4 Å². The summed E-state index contributed by atoms with van der Waals surface area (Å²) in [6.45, 7) is 3.39. The average molecular weight is 822 g/mol. The molecule has 1 amide bonds. The van der Waals surface area contributed by atoms with Gasteiger partial charge in [-0.05, 0) is 32.1 Å². The highest BCUT2D eigenvalue weighted by molar-refractivity contribution is 7.80. The van der Waals surface area contributed by atoms with Crippen LogP contribution in [0.1, 0.15) is 200 Å². The number of nitrogens with one attached hydrogen (secondary N) is 1. The first-order valence-corrected chi connectivity index (χ1v) is 23.9. The lowest BCUT2D eigenvalue weighted by Crippen LogP contribution is -2.61. The number of allylic oxidation sites excluding steroid dienone is 2. The first-order chi connectivity index (χ1) is 27.0. The summed E-state index contributed by atoms with van der Waals surface area (Å²) in [5, 5.41) is 44.7. The Kier molecular flexibility index (Phi) is 32.7. The van der Waals surface area contributed by atoms with E-state index in [0.717, 1.165) is 44.9 Å². The molecule has 13 heteroatoms. The van der Waals surface area contributed by atoms with Crippen LogP contribution in [0.4, 0.5) is 0 Å². The molecule has 1 aliphatic heterocycles. The lowest BCUT2D eigenvalue weighted by atomic mass is 9.99. The Morgan fingerprint density at radius 2 is 1.14 bits per heavy atom. The second-order valence-corrected chi connectivity index (χ2v) is 17.0. The van der Waals surface area contributed by atoms with E-state index in [1.54, 1.807) is 0 Å². The molecule has 56 heavy (non-hydrogen) atoms. The largest absolute Gasteiger partial charge is 0.397 e. The molecule has 0 radical (unpaired) electrons. The molecule has 7 unspecified atom stereocenters.